The van der Waals surface area contributed by atoms with Crippen molar-refractivity contribution in [3.05, 3.63) is 54.0 Å². The third kappa shape index (κ3) is 4.10. The predicted octanol–water partition coefficient (Wildman–Crippen LogP) is 2.69. The fraction of sp³-hybridized carbons (Fsp3) is 0.360. The molecule has 2 fully saturated rings. The first-order chi connectivity index (χ1) is 17.6. The van der Waals surface area contributed by atoms with E-state index in [0.29, 0.717) is 46.3 Å². The number of H-pyrrole nitrogens is 1. The zero-order valence-corrected chi connectivity index (χ0v) is 19.7. The summed E-state index contributed by atoms with van der Waals surface area (Å²) in [7, 11) is 1.56. The third-order valence-corrected chi connectivity index (χ3v) is 6.80. The maximum absolute atomic E-state index is 14.6. The van der Waals surface area contributed by atoms with Gasteiger partial charge in [0.1, 0.15) is 18.0 Å². The van der Waals surface area contributed by atoms with Crippen LogP contribution in [0.15, 0.2) is 42.6 Å². The van der Waals surface area contributed by atoms with Crippen LogP contribution in [-0.2, 0) is 9.47 Å². The molecule has 0 unspecified atom stereocenters. The van der Waals surface area contributed by atoms with Crippen LogP contribution in [0.1, 0.15) is 10.4 Å². The maximum Gasteiger partial charge on any atom is 0.253 e. The molecule has 11 heteroatoms. The molecular weight excluding hydrogens is 467 g/mol. The lowest BCUT2D eigenvalue weighted by atomic mass is 10.0. The van der Waals surface area contributed by atoms with Gasteiger partial charge in [0.2, 0.25) is 0 Å². The van der Waals surface area contributed by atoms with Gasteiger partial charge in [0.15, 0.2) is 11.6 Å². The summed E-state index contributed by atoms with van der Waals surface area (Å²) in [5.41, 5.74) is 2.97. The van der Waals surface area contributed by atoms with Crippen LogP contribution in [-0.4, -0.2) is 82.6 Å². The molecule has 4 aromatic rings. The van der Waals surface area contributed by atoms with Crippen molar-refractivity contribution in [2.24, 2.45) is 11.8 Å². The van der Waals surface area contributed by atoms with E-state index in [1.165, 1.54) is 6.07 Å². The number of carbonyl (C=O) groups is 1. The third-order valence-electron chi connectivity index (χ3n) is 6.80. The average molecular weight is 493 g/mol. The lowest BCUT2D eigenvalue weighted by Crippen LogP contribution is -2.30. The number of nitrogens with zero attached hydrogens (tertiary/aromatic N) is 5. The fourth-order valence-corrected chi connectivity index (χ4v) is 4.85. The molecule has 36 heavy (non-hydrogen) atoms. The van der Waals surface area contributed by atoms with Gasteiger partial charge in [0, 0.05) is 49.1 Å². The molecule has 4 heterocycles. The van der Waals surface area contributed by atoms with Crippen LogP contribution >= 0.6 is 0 Å². The van der Waals surface area contributed by atoms with E-state index < -0.39 is 5.82 Å². The van der Waals surface area contributed by atoms with Crippen molar-refractivity contribution in [1.82, 2.24) is 30.1 Å². The van der Waals surface area contributed by atoms with E-state index in [2.05, 4.69) is 20.5 Å². The number of rotatable bonds is 7. The summed E-state index contributed by atoms with van der Waals surface area (Å²) in [5, 5.41) is 16.2. The lowest BCUT2D eigenvalue weighted by molar-refractivity contribution is 0.0751. The molecule has 0 saturated carbocycles. The number of ether oxygens (including phenoxy) is 3. The van der Waals surface area contributed by atoms with E-state index in [0.717, 1.165) is 32.0 Å². The molecule has 6 rings (SSSR count). The lowest BCUT2D eigenvalue weighted by Gasteiger charge is -2.17. The number of aromatic amines is 1. The maximum atomic E-state index is 14.6. The van der Waals surface area contributed by atoms with E-state index >= 15 is 0 Å². The predicted molar refractivity (Wildman–Crippen MR) is 127 cm³/mol. The van der Waals surface area contributed by atoms with Crippen molar-refractivity contribution >= 4 is 16.8 Å². The number of fused-ring (bicyclic) bond motifs is 2. The minimum Gasteiger partial charge on any atom is -0.488 e. The molecule has 2 aromatic heterocycles. The summed E-state index contributed by atoms with van der Waals surface area (Å²) in [6.45, 7) is 3.57. The highest BCUT2D eigenvalue weighted by molar-refractivity contribution is 5.95. The molecule has 1 N–H and O–H groups in total. The smallest absolute Gasteiger partial charge is 0.253 e. The largest absolute Gasteiger partial charge is 0.488 e. The van der Waals surface area contributed by atoms with Gasteiger partial charge in [-0.25, -0.2) is 9.07 Å². The van der Waals surface area contributed by atoms with E-state index in [1.54, 1.807) is 36.2 Å². The van der Waals surface area contributed by atoms with Gasteiger partial charge in [-0.2, -0.15) is 5.10 Å². The van der Waals surface area contributed by atoms with Gasteiger partial charge in [-0.1, -0.05) is 5.21 Å². The highest BCUT2D eigenvalue weighted by Gasteiger charge is 2.39. The topological polar surface area (TPSA) is 107 Å². The molecule has 0 spiro atoms. The molecule has 2 aromatic carbocycles. The first-order valence-corrected chi connectivity index (χ1v) is 11.8. The second kappa shape index (κ2) is 9.32. The molecule has 0 radical (unpaired) electrons. The number of nitrogens with one attached hydrogen (secondary N) is 1. The Balaban J connectivity index is 1.19. The quantitative estimate of drug-likeness (QED) is 0.395. The summed E-state index contributed by atoms with van der Waals surface area (Å²) in [6.07, 6.45) is 1.72. The SMILES string of the molecule is COCCOc1cc2[nH]nc(-c3cn(-c4ccc(C(=O)N5C[C@H]6COC[C@H]6C5)cc4)nn3)c2cc1F. The number of aromatic nitrogens is 5. The molecule has 2 aliphatic rings. The Hall–Kier alpha value is -3.83. The molecule has 2 saturated heterocycles. The Bertz CT molecular complexity index is 1390. The first-order valence-electron chi connectivity index (χ1n) is 11.8. The van der Waals surface area contributed by atoms with Crippen LogP contribution < -0.4 is 4.74 Å². The summed E-state index contributed by atoms with van der Waals surface area (Å²) >= 11 is 0. The number of methoxy groups -OCH3 is 1. The van der Waals surface area contributed by atoms with Crippen molar-refractivity contribution < 1.29 is 23.4 Å². The van der Waals surface area contributed by atoms with Gasteiger partial charge in [0.05, 0.1) is 37.2 Å². The van der Waals surface area contributed by atoms with Gasteiger partial charge in [-0.05, 0) is 30.3 Å². The van der Waals surface area contributed by atoms with Gasteiger partial charge in [-0.15, -0.1) is 5.10 Å². The summed E-state index contributed by atoms with van der Waals surface area (Å²) in [5.74, 6) is 0.554. The average Bonchev–Trinajstić information content (AvgIpc) is 3.67. The summed E-state index contributed by atoms with van der Waals surface area (Å²) < 4.78 is 32.1. The monoisotopic (exact) mass is 492 g/mol. The number of amides is 1. The number of likely N-dealkylation sites (tertiary alicyclic amines) is 1. The molecule has 0 aliphatic carbocycles. The number of benzene rings is 2. The van der Waals surface area contributed by atoms with E-state index in [-0.39, 0.29) is 18.3 Å². The molecule has 10 nitrogen and oxygen atoms in total. The van der Waals surface area contributed by atoms with Gasteiger partial charge in [0.25, 0.3) is 5.91 Å². The Morgan fingerprint density at radius 1 is 1.17 bits per heavy atom. The Kier molecular flexibility index (Phi) is 5.86. The van der Waals surface area contributed by atoms with Crippen LogP contribution in [0.2, 0.25) is 0 Å². The van der Waals surface area contributed by atoms with Gasteiger partial charge < -0.3 is 19.1 Å². The van der Waals surface area contributed by atoms with Crippen LogP contribution in [0.5, 0.6) is 5.75 Å². The number of halogens is 1. The van der Waals surface area contributed by atoms with Crippen molar-refractivity contribution in [1.29, 1.82) is 0 Å². The minimum absolute atomic E-state index is 0.0332. The van der Waals surface area contributed by atoms with Crippen LogP contribution in [0.25, 0.3) is 28.0 Å². The second-order valence-corrected chi connectivity index (χ2v) is 9.10. The van der Waals surface area contributed by atoms with E-state index in [4.69, 9.17) is 14.2 Å². The normalized spacial score (nSPS) is 19.2. The standard InChI is InChI=1S/C25H25FN6O4/c1-34-6-7-36-23-9-21-19(8-20(23)26)24(29-27-21)22-12-32(30-28-22)18-4-2-15(3-5-18)25(33)31-10-16-13-35-14-17(16)11-31/h2-5,8-9,12,16-17H,6-7,10-11,13-14H2,1H3,(H,27,29)/t16-,17+. The number of hydrogen-bond donors (Lipinski definition) is 1. The zero-order chi connectivity index (χ0) is 24.6. The molecule has 2 atom stereocenters. The Morgan fingerprint density at radius 2 is 1.94 bits per heavy atom. The fourth-order valence-electron chi connectivity index (χ4n) is 4.85. The second-order valence-electron chi connectivity index (χ2n) is 9.10. The van der Waals surface area contributed by atoms with Gasteiger partial charge in [-0.3, -0.25) is 9.89 Å². The molecule has 0 bridgehead atoms. The molecular formula is C25H25FN6O4. The number of carbonyl (C=O) groups excluding carboxylic acids is 1. The minimum atomic E-state index is -0.497. The molecule has 186 valence electrons. The van der Waals surface area contributed by atoms with Crippen molar-refractivity contribution in [2.75, 3.05) is 46.6 Å². The highest BCUT2D eigenvalue weighted by atomic mass is 19.1. The van der Waals surface area contributed by atoms with Crippen molar-refractivity contribution in [3.8, 4) is 22.8 Å². The van der Waals surface area contributed by atoms with Crippen molar-refractivity contribution in [2.45, 2.75) is 0 Å². The van der Waals surface area contributed by atoms with Crippen LogP contribution in [0.4, 0.5) is 4.39 Å². The Labute approximate surface area is 205 Å². The van der Waals surface area contributed by atoms with Gasteiger partial charge >= 0.3 is 0 Å². The Morgan fingerprint density at radius 3 is 2.69 bits per heavy atom. The van der Waals surface area contributed by atoms with Crippen LogP contribution in [0.3, 0.4) is 0 Å². The molecule has 2 aliphatic heterocycles. The molecule has 1 amide bonds. The highest BCUT2D eigenvalue weighted by Crippen LogP contribution is 2.31. The first kappa shape index (κ1) is 22.6. The van der Waals surface area contributed by atoms with E-state index in [1.807, 2.05) is 17.0 Å². The van der Waals surface area contributed by atoms with Crippen LogP contribution in [0, 0.1) is 17.7 Å². The number of hydrogen-bond acceptors (Lipinski definition) is 7. The summed E-state index contributed by atoms with van der Waals surface area (Å²) in [4.78, 5) is 14.8. The van der Waals surface area contributed by atoms with Crippen molar-refractivity contribution in [3.63, 3.8) is 0 Å². The zero-order valence-electron chi connectivity index (χ0n) is 19.7. The van der Waals surface area contributed by atoms with E-state index in [9.17, 15) is 9.18 Å². The summed E-state index contributed by atoms with van der Waals surface area (Å²) in [6, 6.07) is 10.2.